The van der Waals surface area contributed by atoms with Crippen LogP contribution in [0.4, 0.5) is 0 Å². The maximum absolute atomic E-state index is 12.6. The van der Waals surface area contributed by atoms with Crippen LogP contribution in [-0.4, -0.2) is 65.0 Å². The number of likely N-dealkylation sites (tertiary alicyclic amines) is 2. The molecule has 3 heterocycles. The molecule has 22 heavy (non-hydrogen) atoms. The molecule has 0 aromatic carbocycles. The Kier molecular flexibility index (Phi) is 4.87. The van der Waals surface area contributed by atoms with Gasteiger partial charge in [0.05, 0.1) is 5.92 Å². The minimum absolute atomic E-state index is 0.112. The third kappa shape index (κ3) is 3.74. The molecular weight excluding hydrogens is 280 g/mol. The Labute approximate surface area is 131 Å². The van der Waals surface area contributed by atoms with E-state index in [4.69, 9.17) is 4.74 Å². The predicted octanol–water partition coefficient (Wildman–Crippen LogP) is 1.19. The summed E-state index contributed by atoms with van der Waals surface area (Å²) in [6.45, 7) is 3.55. The summed E-state index contributed by atoms with van der Waals surface area (Å²) in [4.78, 5) is 25.0. The summed E-state index contributed by atoms with van der Waals surface area (Å²) >= 11 is 0. The van der Waals surface area contributed by atoms with E-state index in [0.29, 0.717) is 11.9 Å². The van der Waals surface area contributed by atoms with Gasteiger partial charge in [0, 0.05) is 44.9 Å². The lowest BCUT2D eigenvalue weighted by Crippen LogP contribution is -2.47. The number of carbonyl (C=O) groups excluding carboxylic acids is 1. The topological polar surface area (TPSA) is 58.6 Å². The molecule has 2 aliphatic rings. The van der Waals surface area contributed by atoms with Crippen LogP contribution in [0, 0.1) is 5.92 Å². The Morgan fingerprint density at radius 1 is 1.18 bits per heavy atom. The summed E-state index contributed by atoms with van der Waals surface area (Å²) in [7, 11) is 2.10. The molecule has 1 amide bonds. The van der Waals surface area contributed by atoms with Crippen molar-refractivity contribution in [3.05, 3.63) is 18.5 Å². The molecule has 0 aliphatic carbocycles. The maximum Gasteiger partial charge on any atom is 0.316 e. The van der Waals surface area contributed by atoms with Gasteiger partial charge >= 0.3 is 6.01 Å². The van der Waals surface area contributed by atoms with Gasteiger partial charge in [-0.25, -0.2) is 9.97 Å². The Bertz CT molecular complexity index is 488. The molecule has 120 valence electrons. The zero-order chi connectivity index (χ0) is 15.4. The quantitative estimate of drug-likeness (QED) is 0.839. The van der Waals surface area contributed by atoms with Crippen molar-refractivity contribution in [3.8, 4) is 6.01 Å². The van der Waals surface area contributed by atoms with E-state index in [0.717, 1.165) is 51.9 Å². The number of ether oxygens (including phenoxy) is 1. The fraction of sp³-hybridized carbons (Fsp3) is 0.688. The lowest BCUT2D eigenvalue weighted by Gasteiger charge is -2.36. The molecule has 0 spiro atoms. The van der Waals surface area contributed by atoms with Gasteiger partial charge in [0.1, 0.15) is 6.10 Å². The highest BCUT2D eigenvalue weighted by Crippen LogP contribution is 2.21. The van der Waals surface area contributed by atoms with E-state index < -0.39 is 0 Å². The van der Waals surface area contributed by atoms with Crippen LogP contribution in [0.2, 0.25) is 0 Å². The van der Waals surface area contributed by atoms with E-state index in [-0.39, 0.29) is 12.0 Å². The predicted molar refractivity (Wildman–Crippen MR) is 82.5 cm³/mol. The second-order valence-corrected chi connectivity index (χ2v) is 6.28. The summed E-state index contributed by atoms with van der Waals surface area (Å²) in [5.41, 5.74) is 0. The first-order valence-electron chi connectivity index (χ1n) is 8.13. The molecule has 3 rings (SSSR count). The number of carbonyl (C=O) groups is 1. The highest BCUT2D eigenvalue weighted by molar-refractivity contribution is 5.79. The van der Waals surface area contributed by atoms with Crippen LogP contribution >= 0.6 is 0 Å². The minimum Gasteiger partial charge on any atom is -0.460 e. The normalized spacial score (nSPS) is 24.2. The van der Waals surface area contributed by atoms with E-state index in [1.165, 1.54) is 0 Å². The Morgan fingerprint density at radius 2 is 1.91 bits per heavy atom. The Balaban J connectivity index is 1.48. The van der Waals surface area contributed by atoms with Gasteiger partial charge in [0.2, 0.25) is 5.91 Å². The van der Waals surface area contributed by atoms with Gasteiger partial charge in [-0.15, -0.1) is 0 Å². The first-order valence-corrected chi connectivity index (χ1v) is 8.13. The van der Waals surface area contributed by atoms with Crippen LogP contribution in [0.25, 0.3) is 0 Å². The first-order chi connectivity index (χ1) is 10.7. The summed E-state index contributed by atoms with van der Waals surface area (Å²) in [6, 6.07) is 2.20. The molecular formula is C16H24N4O2. The molecule has 6 heteroatoms. The molecule has 0 radical (unpaired) electrons. The Morgan fingerprint density at radius 3 is 2.59 bits per heavy atom. The second-order valence-electron chi connectivity index (χ2n) is 6.28. The van der Waals surface area contributed by atoms with Crippen molar-refractivity contribution in [2.45, 2.75) is 31.8 Å². The molecule has 0 unspecified atom stereocenters. The fourth-order valence-electron chi connectivity index (χ4n) is 3.32. The third-order valence-electron chi connectivity index (χ3n) is 4.54. The van der Waals surface area contributed by atoms with Gasteiger partial charge in [-0.3, -0.25) is 4.79 Å². The van der Waals surface area contributed by atoms with Crippen molar-refractivity contribution in [1.82, 2.24) is 19.8 Å². The van der Waals surface area contributed by atoms with E-state index in [1.54, 1.807) is 18.5 Å². The maximum atomic E-state index is 12.6. The van der Waals surface area contributed by atoms with Gasteiger partial charge in [0.25, 0.3) is 0 Å². The Hall–Kier alpha value is -1.69. The van der Waals surface area contributed by atoms with Gasteiger partial charge in [0.15, 0.2) is 0 Å². The average molecular weight is 304 g/mol. The van der Waals surface area contributed by atoms with Crippen molar-refractivity contribution in [1.29, 1.82) is 0 Å². The van der Waals surface area contributed by atoms with Crippen molar-refractivity contribution in [2.24, 2.45) is 5.92 Å². The van der Waals surface area contributed by atoms with Crippen molar-refractivity contribution in [3.63, 3.8) is 0 Å². The van der Waals surface area contributed by atoms with Crippen molar-refractivity contribution >= 4 is 5.91 Å². The number of rotatable bonds is 3. The summed E-state index contributed by atoms with van der Waals surface area (Å²) in [5, 5.41) is 0. The minimum atomic E-state index is 0.112. The van der Waals surface area contributed by atoms with Crippen LogP contribution < -0.4 is 4.74 Å². The van der Waals surface area contributed by atoms with Gasteiger partial charge in [-0.05, 0) is 32.5 Å². The lowest BCUT2D eigenvalue weighted by molar-refractivity contribution is -0.139. The molecule has 0 saturated carbocycles. The number of hydrogen-bond donors (Lipinski definition) is 0. The number of nitrogens with zero attached hydrogens (tertiary/aromatic N) is 4. The molecule has 2 fully saturated rings. The highest BCUT2D eigenvalue weighted by atomic mass is 16.5. The fourth-order valence-corrected chi connectivity index (χ4v) is 3.32. The SMILES string of the molecule is CN1CCC[C@@H](C(=O)N2CCC(Oc3ncccn3)CC2)C1. The molecule has 2 aliphatic heterocycles. The number of hydrogen-bond acceptors (Lipinski definition) is 5. The van der Waals surface area contributed by atoms with Gasteiger partial charge in [-0.2, -0.15) is 0 Å². The van der Waals surface area contributed by atoms with E-state index >= 15 is 0 Å². The molecule has 0 bridgehead atoms. The standard InChI is InChI=1S/C16H24N4O2/c1-19-9-2-4-13(12-19)15(21)20-10-5-14(6-11-20)22-16-17-7-3-8-18-16/h3,7-8,13-14H,2,4-6,9-12H2,1H3/t13-/m1/s1. The number of piperidine rings is 2. The molecule has 6 nitrogen and oxygen atoms in total. The number of aromatic nitrogens is 2. The molecule has 1 aromatic heterocycles. The first kappa shape index (κ1) is 15.2. The summed E-state index contributed by atoms with van der Waals surface area (Å²) in [5.74, 6) is 0.495. The van der Waals surface area contributed by atoms with Gasteiger partial charge in [-0.1, -0.05) is 0 Å². The summed E-state index contributed by atoms with van der Waals surface area (Å²) in [6.07, 6.45) is 7.33. The average Bonchev–Trinajstić information content (AvgIpc) is 2.56. The van der Waals surface area contributed by atoms with Crippen LogP contribution in [0.5, 0.6) is 6.01 Å². The smallest absolute Gasteiger partial charge is 0.316 e. The molecule has 0 N–H and O–H groups in total. The zero-order valence-corrected chi connectivity index (χ0v) is 13.1. The largest absolute Gasteiger partial charge is 0.460 e. The third-order valence-corrected chi connectivity index (χ3v) is 4.54. The van der Waals surface area contributed by atoms with Crippen LogP contribution in [-0.2, 0) is 4.79 Å². The van der Waals surface area contributed by atoms with E-state index in [9.17, 15) is 4.79 Å². The highest BCUT2D eigenvalue weighted by Gasteiger charge is 2.31. The van der Waals surface area contributed by atoms with Crippen LogP contribution in [0.15, 0.2) is 18.5 Å². The monoisotopic (exact) mass is 304 g/mol. The van der Waals surface area contributed by atoms with Crippen molar-refractivity contribution in [2.75, 3.05) is 33.2 Å². The van der Waals surface area contributed by atoms with Crippen molar-refractivity contribution < 1.29 is 9.53 Å². The molecule has 1 atom stereocenters. The van der Waals surface area contributed by atoms with Crippen LogP contribution in [0.3, 0.4) is 0 Å². The van der Waals surface area contributed by atoms with E-state index in [1.807, 2.05) is 4.90 Å². The molecule has 2 saturated heterocycles. The number of amides is 1. The van der Waals surface area contributed by atoms with Gasteiger partial charge < -0.3 is 14.5 Å². The van der Waals surface area contributed by atoms with E-state index in [2.05, 4.69) is 21.9 Å². The second kappa shape index (κ2) is 7.05. The summed E-state index contributed by atoms with van der Waals surface area (Å²) < 4.78 is 5.78. The zero-order valence-electron chi connectivity index (χ0n) is 13.1. The lowest BCUT2D eigenvalue weighted by atomic mass is 9.95. The molecule has 1 aromatic rings. The van der Waals surface area contributed by atoms with Crippen LogP contribution in [0.1, 0.15) is 25.7 Å².